The SMILES string of the molecule is O=C(NN=Cc1ccc[nH]1)c1ccc(Cl)cc1. The first-order valence-corrected chi connectivity index (χ1v) is 5.36. The zero-order chi connectivity index (χ0) is 12.1. The van der Waals surface area contributed by atoms with Gasteiger partial charge in [-0.15, -0.1) is 0 Å². The average molecular weight is 248 g/mol. The lowest BCUT2D eigenvalue weighted by Crippen LogP contribution is -2.17. The number of hydrazone groups is 1. The number of halogens is 1. The fraction of sp³-hybridized carbons (Fsp3) is 0. The highest BCUT2D eigenvalue weighted by molar-refractivity contribution is 6.30. The minimum absolute atomic E-state index is 0.274. The summed E-state index contributed by atoms with van der Waals surface area (Å²) in [5.74, 6) is -0.274. The highest BCUT2D eigenvalue weighted by Gasteiger charge is 2.02. The number of nitrogens with one attached hydrogen (secondary N) is 2. The van der Waals surface area contributed by atoms with Crippen molar-refractivity contribution in [2.75, 3.05) is 0 Å². The van der Waals surface area contributed by atoms with Crippen molar-refractivity contribution in [2.24, 2.45) is 5.10 Å². The molecular weight excluding hydrogens is 238 g/mol. The van der Waals surface area contributed by atoms with E-state index in [1.807, 2.05) is 12.1 Å². The van der Waals surface area contributed by atoms with Gasteiger partial charge in [-0.3, -0.25) is 4.79 Å². The molecule has 0 unspecified atom stereocenters. The summed E-state index contributed by atoms with van der Waals surface area (Å²) in [5.41, 5.74) is 3.76. The Kier molecular flexibility index (Phi) is 3.57. The maximum Gasteiger partial charge on any atom is 0.271 e. The number of aromatic amines is 1. The largest absolute Gasteiger partial charge is 0.360 e. The molecule has 0 saturated carbocycles. The van der Waals surface area contributed by atoms with Gasteiger partial charge in [0.15, 0.2) is 0 Å². The van der Waals surface area contributed by atoms with Crippen molar-refractivity contribution in [3.8, 4) is 0 Å². The summed E-state index contributed by atoms with van der Waals surface area (Å²) in [5, 5.41) is 4.42. The van der Waals surface area contributed by atoms with Crippen LogP contribution in [0.5, 0.6) is 0 Å². The third kappa shape index (κ3) is 3.19. The van der Waals surface area contributed by atoms with E-state index in [0.29, 0.717) is 10.6 Å². The standard InChI is InChI=1S/C12H10ClN3O/c13-10-5-3-9(4-6-10)12(17)16-15-8-11-2-1-7-14-11/h1-8,14H,(H,16,17). The molecule has 17 heavy (non-hydrogen) atoms. The maximum absolute atomic E-state index is 11.6. The van der Waals surface area contributed by atoms with E-state index >= 15 is 0 Å². The van der Waals surface area contributed by atoms with Crippen molar-refractivity contribution < 1.29 is 4.79 Å². The summed E-state index contributed by atoms with van der Waals surface area (Å²) < 4.78 is 0. The van der Waals surface area contributed by atoms with E-state index in [0.717, 1.165) is 5.69 Å². The number of hydrogen-bond acceptors (Lipinski definition) is 2. The van der Waals surface area contributed by atoms with E-state index in [1.54, 1.807) is 30.5 Å². The third-order valence-corrected chi connectivity index (χ3v) is 2.35. The second-order valence-corrected chi connectivity index (χ2v) is 3.77. The van der Waals surface area contributed by atoms with Crippen LogP contribution in [-0.2, 0) is 0 Å². The van der Waals surface area contributed by atoms with Gasteiger partial charge < -0.3 is 4.98 Å². The Morgan fingerprint density at radius 1 is 1.29 bits per heavy atom. The Morgan fingerprint density at radius 2 is 2.06 bits per heavy atom. The van der Waals surface area contributed by atoms with E-state index < -0.39 is 0 Å². The Morgan fingerprint density at radius 3 is 2.71 bits per heavy atom. The molecule has 0 radical (unpaired) electrons. The zero-order valence-corrected chi connectivity index (χ0v) is 9.61. The lowest BCUT2D eigenvalue weighted by molar-refractivity contribution is 0.0955. The van der Waals surface area contributed by atoms with Gasteiger partial charge in [0.05, 0.1) is 11.9 Å². The number of benzene rings is 1. The van der Waals surface area contributed by atoms with E-state index in [1.165, 1.54) is 6.21 Å². The molecule has 0 spiro atoms. The molecule has 0 fully saturated rings. The molecule has 4 nitrogen and oxygen atoms in total. The average Bonchev–Trinajstić information content (AvgIpc) is 2.83. The molecule has 0 aliphatic heterocycles. The van der Waals surface area contributed by atoms with Gasteiger partial charge in [0.1, 0.15) is 0 Å². The van der Waals surface area contributed by atoms with Gasteiger partial charge in [-0.05, 0) is 36.4 Å². The number of aromatic nitrogens is 1. The summed E-state index contributed by atoms with van der Waals surface area (Å²) in [6.07, 6.45) is 3.32. The monoisotopic (exact) mass is 247 g/mol. The smallest absolute Gasteiger partial charge is 0.271 e. The molecule has 86 valence electrons. The van der Waals surface area contributed by atoms with E-state index in [9.17, 15) is 4.79 Å². The number of rotatable bonds is 3. The van der Waals surface area contributed by atoms with Crippen molar-refractivity contribution >= 4 is 23.7 Å². The molecular formula is C12H10ClN3O. The Bertz CT molecular complexity index is 517. The van der Waals surface area contributed by atoms with E-state index in [4.69, 9.17) is 11.6 Å². The summed E-state index contributed by atoms with van der Waals surface area (Å²) in [4.78, 5) is 14.5. The van der Waals surface area contributed by atoms with Crippen LogP contribution in [0, 0.1) is 0 Å². The topological polar surface area (TPSA) is 57.2 Å². The van der Waals surface area contributed by atoms with Crippen molar-refractivity contribution in [1.29, 1.82) is 0 Å². The zero-order valence-electron chi connectivity index (χ0n) is 8.85. The summed E-state index contributed by atoms with van der Waals surface area (Å²) in [7, 11) is 0. The molecule has 0 saturated heterocycles. The molecule has 0 aliphatic carbocycles. The van der Waals surface area contributed by atoms with Gasteiger partial charge >= 0.3 is 0 Å². The van der Waals surface area contributed by atoms with Crippen molar-refractivity contribution in [2.45, 2.75) is 0 Å². The van der Waals surface area contributed by atoms with Crippen LogP contribution >= 0.6 is 11.6 Å². The van der Waals surface area contributed by atoms with Gasteiger partial charge in [0.25, 0.3) is 5.91 Å². The molecule has 2 aromatic rings. The normalized spacial score (nSPS) is 10.6. The summed E-state index contributed by atoms with van der Waals surface area (Å²) in [6.45, 7) is 0. The van der Waals surface area contributed by atoms with Crippen LogP contribution < -0.4 is 5.43 Å². The lowest BCUT2D eigenvalue weighted by Gasteiger charge is -1.99. The van der Waals surface area contributed by atoms with E-state index in [2.05, 4.69) is 15.5 Å². The number of carbonyl (C=O) groups excluding carboxylic acids is 1. The van der Waals surface area contributed by atoms with Gasteiger partial charge in [-0.1, -0.05) is 11.6 Å². The first-order chi connectivity index (χ1) is 8.25. The molecule has 0 atom stereocenters. The second-order valence-electron chi connectivity index (χ2n) is 3.33. The molecule has 0 aliphatic rings. The van der Waals surface area contributed by atoms with Gasteiger partial charge in [-0.25, -0.2) is 5.43 Å². The maximum atomic E-state index is 11.6. The molecule has 1 aromatic carbocycles. The molecule has 2 rings (SSSR count). The molecule has 0 bridgehead atoms. The third-order valence-electron chi connectivity index (χ3n) is 2.10. The molecule has 5 heteroatoms. The second kappa shape index (κ2) is 5.32. The van der Waals surface area contributed by atoms with Crippen LogP contribution in [0.15, 0.2) is 47.7 Å². The van der Waals surface area contributed by atoms with Crippen LogP contribution in [0.4, 0.5) is 0 Å². The first-order valence-electron chi connectivity index (χ1n) is 4.98. The number of H-pyrrole nitrogens is 1. The number of nitrogens with zero attached hydrogens (tertiary/aromatic N) is 1. The van der Waals surface area contributed by atoms with Gasteiger partial charge in [0, 0.05) is 16.8 Å². The first kappa shape index (κ1) is 11.4. The van der Waals surface area contributed by atoms with Crippen LogP contribution in [0.25, 0.3) is 0 Å². The van der Waals surface area contributed by atoms with Crippen molar-refractivity contribution in [3.63, 3.8) is 0 Å². The predicted molar refractivity (Wildman–Crippen MR) is 67.3 cm³/mol. The van der Waals surface area contributed by atoms with Gasteiger partial charge in [0.2, 0.25) is 0 Å². The number of amides is 1. The molecule has 2 N–H and O–H groups in total. The molecule has 1 heterocycles. The van der Waals surface area contributed by atoms with Gasteiger partial charge in [-0.2, -0.15) is 5.10 Å². The highest BCUT2D eigenvalue weighted by atomic mass is 35.5. The van der Waals surface area contributed by atoms with Crippen LogP contribution in [0.1, 0.15) is 16.1 Å². The quantitative estimate of drug-likeness (QED) is 0.635. The minimum Gasteiger partial charge on any atom is -0.360 e. The summed E-state index contributed by atoms with van der Waals surface area (Å²) in [6, 6.07) is 10.3. The Hall–Kier alpha value is -2.07. The number of carbonyl (C=O) groups is 1. The van der Waals surface area contributed by atoms with Crippen molar-refractivity contribution in [3.05, 3.63) is 58.9 Å². The lowest BCUT2D eigenvalue weighted by atomic mass is 10.2. The highest BCUT2D eigenvalue weighted by Crippen LogP contribution is 2.09. The Balaban J connectivity index is 1.96. The Labute approximate surface area is 103 Å². The van der Waals surface area contributed by atoms with E-state index in [-0.39, 0.29) is 5.91 Å². The summed E-state index contributed by atoms with van der Waals surface area (Å²) >= 11 is 5.72. The van der Waals surface area contributed by atoms with Crippen LogP contribution in [0.2, 0.25) is 5.02 Å². The fourth-order valence-electron chi connectivity index (χ4n) is 1.25. The minimum atomic E-state index is -0.274. The predicted octanol–water partition coefficient (Wildman–Crippen LogP) is 2.43. The number of hydrogen-bond donors (Lipinski definition) is 2. The van der Waals surface area contributed by atoms with Crippen LogP contribution in [0.3, 0.4) is 0 Å². The molecule has 1 amide bonds. The van der Waals surface area contributed by atoms with Crippen LogP contribution in [-0.4, -0.2) is 17.1 Å². The fourth-order valence-corrected chi connectivity index (χ4v) is 1.38. The van der Waals surface area contributed by atoms with Crippen molar-refractivity contribution in [1.82, 2.24) is 10.4 Å². The molecule has 1 aromatic heterocycles.